The Morgan fingerprint density at radius 3 is 2.71 bits per heavy atom. The molecule has 1 unspecified atom stereocenters. The predicted molar refractivity (Wildman–Crippen MR) is 71.7 cm³/mol. The maximum atomic E-state index is 9.37. The first kappa shape index (κ1) is 13.9. The van der Waals surface area contributed by atoms with Gasteiger partial charge in [0.25, 0.3) is 0 Å². The van der Waals surface area contributed by atoms with Crippen LogP contribution in [0.25, 0.3) is 0 Å². The van der Waals surface area contributed by atoms with Gasteiger partial charge in [0.05, 0.1) is 0 Å². The molecule has 0 fully saturated rings. The molecule has 0 saturated carbocycles. The van der Waals surface area contributed by atoms with Crippen LogP contribution >= 0.6 is 0 Å². The van der Waals surface area contributed by atoms with Crippen molar-refractivity contribution in [3.63, 3.8) is 0 Å². The van der Waals surface area contributed by atoms with Gasteiger partial charge in [-0.15, -0.1) is 0 Å². The molecule has 1 aromatic rings. The predicted octanol–water partition coefficient (Wildman–Crippen LogP) is 4.30. The summed E-state index contributed by atoms with van der Waals surface area (Å²) in [5.41, 5.74) is 1.11. The standard InChI is InChI=1S/C13H18O2.C2H6/c1-3-7-13(2)8-6-10-9-11(14)4-5-12(10)15-13;1-2/h4-5,9,14H,3,6-8H2,1-2H3;1-2H3. The number of phenols is 1. The van der Waals surface area contributed by atoms with E-state index in [4.69, 9.17) is 4.74 Å². The van der Waals surface area contributed by atoms with E-state index in [1.807, 2.05) is 19.9 Å². The van der Waals surface area contributed by atoms with E-state index in [0.29, 0.717) is 5.75 Å². The lowest BCUT2D eigenvalue weighted by Gasteiger charge is -2.35. The number of rotatable bonds is 2. The van der Waals surface area contributed by atoms with Crippen molar-refractivity contribution in [1.82, 2.24) is 0 Å². The number of hydrogen-bond acceptors (Lipinski definition) is 2. The van der Waals surface area contributed by atoms with Crippen molar-refractivity contribution in [2.45, 2.75) is 59.0 Å². The molecule has 1 aromatic carbocycles. The Balaban J connectivity index is 0.000000686. The maximum Gasteiger partial charge on any atom is 0.123 e. The van der Waals surface area contributed by atoms with Gasteiger partial charge in [0.2, 0.25) is 0 Å². The molecule has 0 spiro atoms. The van der Waals surface area contributed by atoms with Gasteiger partial charge in [0.15, 0.2) is 0 Å². The van der Waals surface area contributed by atoms with Crippen molar-refractivity contribution < 1.29 is 9.84 Å². The van der Waals surface area contributed by atoms with E-state index in [9.17, 15) is 5.11 Å². The Labute approximate surface area is 105 Å². The highest BCUT2D eigenvalue weighted by molar-refractivity contribution is 5.41. The summed E-state index contributed by atoms with van der Waals surface area (Å²) in [6, 6.07) is 5.37. The summed E-state index contributed by atoms with van der Waals surface area (Å²) < 4.78 is 6.00. The zero-order valence-electron chi connectivity index (χ0n) is 11.4. The van der Waals surface area contributed by atoms with Crippen LogP contribution < -0.4 is 4.74 Å². The number of aryl methyl sites for hydroxylation is 1. The van der Waals surface area contributed by atoms with Gasteiger partial charge in [-0.1, -0.05) is 27.2 Å². The monoisotopic (exact) mass is 236 g/mol. The normalized spacial score (nSPS) is 21.9. The molecule has 0 aliphatic carbocycles. The van der Waals surface area contributed by atoms with Gasteiger partial charge in [-0.3, -0.25) is 0 Å². The molecule has 96 valence electrons. The van der Waals surface area contributed by atoms with E-state index in [1.165, 1.54) is 0 Å². The van der Waals surface area contributed by atoms with Crippen LogP contribution in [0.15, 0.2) is 18.2 Å². The molecule has 17 heavy (non-hydrogen) atoms. The minimum absolute atomic E-state index is 0.0152. The van der Waals surface area contributed by atoms with Crippen molar-refractivity contribution in [2.24, 2.45) is 0 Å². The van der Waals surface area contributed by atoms with Gasteiger partial charge >= 0.3 is 0 Å². The lowest BCUT2D eigenvalue weighted by atomic mass is 9.89. The van der Waals surface area contributed by atoms with Crippen LogP contribution in [0.1, 0.15) is 52.5 Å². The fourth-order valence-electron chi connectivity index (χ4n) is 2.28. The molecule has 0 saturated heterocycles. The van der Waals surface area contributed by atoms with Crippen LogP contribution in [0, 0.1) is 0 Å². The summed E-state index contributed by atoms with van der Waals surface area (Å²) in [5.74, 6) is 1.27. The number of ether oxygens (including phenoxy) is 1. The second kappa shape index (κ2) is 5.95. The fourth-order valence-corrected chi connectivity index (χ4v) is 2.28. The molecule has 1 N–H and O–H groups in total. The number of fused-ring (bicyclic) bond motifs is 1. The molecule has 0 amide bonds. The highest BCUT2D eigenvalue weighted by atomic mass is 16.5. The van der Waals surface area contributed by atoms with E-state index in [1.54, 1.807) is 12.1 Å². The van der Waals surface area contributed by atoms with Crippen LogP contribution in [-0.4, -0.2) is 10.7 Å². The molecule has 1 aliphatic heterocycles. The Morgan fingerprint density at radius 1 is 1.35 bits per heavy atom. The summed E-state index contributed by atoms with van der Waals surface area (Å²) in [7, 11) is 0. The highest BCUT2D eigenvalue weighted by Gasteiger charge is 2.30. The number of aromatic hydroxyl groups is 1. The topological polar surface area (TPSA) is 29.5 Å². The summed E-state index contributed by atoms with van der Waals surface area (Å²) in [4.78, 5) is 0. The minimum Gasteiger partial charge on any atom is -0.508 e. The molecule has 2 nitrogen and oxygen atoms in total. The van der Waals surface area contributed by atoms with Gasteiger partial charge in [0, 0.05) is 0 Å². The quantitative estimate of drug-likeness (QED) is 0.829. The molecule has 0 radical (unpaired) electrons. The smallest absolute Gasteiger partial charge is 0.123 e. The summed E-state index contributed by atoms with van der Waals surface area (Å²) in [6.45, 7) is 8.35. The van der Waals surface area contributed by atoms with Crippen molar-refractivity contribution in [2.75, 3.05) is 0 Å². The Kier molecular flexibility index (Phi) is 4.86. The first-order valence-corrected chi connectivity index (χ1v) is 6.64. The van der Waals surface area contributed by atoms with Gasteiger partial charge < -0.3 is 9.84 Å². The molecule has 0 aromatic heterocycles. The third-order valence-electron chi connectivity index (χ3n) is 3.10. The van der Waals surface area contributed by atoms with Gasteiger partial charge in [0.1, 0.15) is 17.1 Å². The molecule has 1 heterocycles. The molecule has 2 heteroatoms. The van der Waals surface area contributed by atoms with Crippen LogP contribution in [0.3, 0.4) is 0 Å². The Hall–Kier alpha value is -1.18. The molecule has 1 aliphatic rings. The third kappa shape index (κ3) is 3.39. The van der Waals surface area contributed by atoms with Crippen LogP contribution in [0.4, 0.5) is 0 Å². The van der Waals surface area contributed by atoms with Gasteiger partial charge in [-0.05, 0) is 49.9 Å². The summed E-state index contributed by atoms with van der Waals surface area (Å²) in [5, 5.41) is 9.37. The minimum atomic E-state index is -0.0152. The molecule has 2 rings (SSSR count). The number of phenolic OH excluding ortho intramolecular Hbond substituents is 1. The second-order valence-corrected chi connectivity index (χ2v) is 4.59. The molecular formula is C15H24O2. The summed E-state index contributed by atoms with van der Waals surface area (Å²) in [6.07, 6.45) is 4.27. The number of hydrogen-bond donors (Lipinski definition) is 1. The first-order chi connectivity index (χ1) is 8.13. The lowest BCUT2D eigenvalue weighted by Crippen LogP contribution is -2.36. The average molecular weight is 236 g/mol. The summed E-state index contributed by atoms with van der Waals surface area (Å²) >= 11 is 0. The van der Waals surface area contributed by atoms with Crippen molar-refractivity contribution >= 4 is 0 Å². The SMILES string of the molecule is CC.CCCC1(C)CCc2cc(O)ccc2O1. The Morgan fingerprint density at radius 2 is 2.06 bits per heavy atom. The zero-order valence-corrected chi connectivity index (χ0v) is 11.4. The van der Waals surface area contributed by atoms with Crippen LogP contribution in [-0.2, 0) is 6.42 Å². The maximum absolute atomic E-state index is 9.37. The second-order valence-electron chi connectivity index (χ2n) is 4.59. The van der Waals surface area contributed by atoms with Gasteiger partial charge in [-0.25, -0.2) is 0 Å². The average Bonchev–Trinajstić information content (AvgIpc) is 2.32. The van der Waals surface area contributed by atoms with E-state index >= 15 is 0 Å². The number of benzene rings is 1. The first-order valence-electron chi connectivity index (χ1n) is 6.64. The van der Waals surface area contributed by atoms with Gasteiger partial charge in [-0.2, -0.15) is 0 Å². The van der Waals surface area contributed by atoms with E-state index in [-0.39, 0.29) is 5.60 Å². The Bertz CT molecular complexity index is 360. The molecule has 1 atom stereocenters. The highest BCUT2D eigenvalue weighted by Crippen LogP contribution is 2.36. The van der Waals surface area contributed by atoms with Crippen molar-refractivity contribution in [3.8, 4) is 11.5 Å². The van der Waals surface area contributed by atoms with E-state index in [2.05, 4.69) is 13.8 Å². The van der Waals surface area contributed by atoms with E-state index < -0.39 is 0 Å². The van der Waals surface area contributed by atoms with Crippen molar-refractivity contribution in [1.29, 1.82) is 0 Å². The van der Waals surface area contributed by atoms with E-state index in [0.717, 1.165) is 37.0 Å². The van der Waals surface area contributed by atoms with Crippen LogP contribution in [0.2, 0.25) is 0 Å². The zero-order chi connectivity index (χ0) is 12.9. The third-order valence-corrected chi connectivity index (χ3v) is 3.10. The fraction of sp³-hybridized carbons (Fsp3) is 0.600. The van der Waals surface area contributed by atoms with Crippen molar-refractivity contribution in [3.05, 3.63) is 23.8 Å². The molecule has 0 bridgehead atoms. The van der Waals surface area contributed by atoms with Crippen LogP contribution in [0.5, 0.6) is 11.5 Å². The largest absolute Gasteiger partial charge is 0.508 e. The lowest BCUT2D eigenvalue weighted by molar-refractivity contribution is 0.0554. The molecular weight excluding hydrogens is 212 g/mol.